The molecule has 2 aromatic carbocycles. The van der Waals surface area contributed by atoms with Crippen molar-refractivity contribution in [1.29, 1.82) is 0 Å². The number of hydrogen-bond acceptors (Lipinski definition) is 8. The minimum absolute atomic E-state index is 0.152. The molecule has 9 nitrogen and oxygen atoms in total. The number of rotatable bonds is 7. The van der Waals surface area contributed by atoms with Crippen molar-refractivity contribution in [3.05, 3.63) is 77.0 Å². The number of pyridine rings is 1. The van der Waals surface area contributed by atoms with Gasteiger partial charge in [0, 0.05) is 30.0 Å². The average Bonchev–Trinajstić information content (AvgIpc) is 2.78. The van der Waals surface area contributed by atoms with Crippen molar-refractivity contribution in [2.45, 2.75) is 11.5 Å². The standard InChI is InChI=1S/C22H20N4O5S/c1-30-19-9-17-18(24-13-25-22(17)26-15-6-7-21(27)23-11-15)10-20(19)31-12-14-4-3-5-16(8-14)32(2,28)29/h3-11,13H,12H2,1-2H3,(H,23,27)(H,24,25,26). The van der Waals surface area contributed by atoms with Crippen LogP contribution in [0.5, 0.6) is 11.5 Å². The summed E-state index contributed by atoms with van der Waals surface area (Å²) in [6.45, 7) is 0.152. The van der Waals surface area contributed by atoms with E-state index in [2.05, 4.69) is 20.3 Å². The van der Waals surface area contributed by atoms with Crippen LogP contribution in [0, 0.1) is 0 Å². The van der Waals surface area contributed by atoms with Crippen LogP contribution >= 0.6 is 0 Å². The minimum atomic E-state index is -3.31. The van der Waals surface area contributed by atoms with Crippen molar-refractivity contribution in [2.24, 2.45) is 0 Å². The van der Waals surface area contributed by atoms with E-state index >= 15 is 0 Å². The van der Waals surface area contributed by atoms with Gasteiger partial charge in [0.25, 0.3) is 0 Å². The number of anilines is 2. The number of hydrogen-bond donors (Lipinski definition) is 2. The molecule has 4 rings (SSSR count). The fourth-order valence-corrected chi connectivity index (χ4v) is 3.78. The topological polar surface area (TPSA) is 123 Å². The Labute approximate surface area is 184 Å². The highest BCUT2D eigenvalue weighted by atomic mass is 32.2. The first-order valence-corrected chi connectivity index (χ1v) is 11.4. The first-order chi connectivity index (χ1) is 15.3. The molecule has 0 atom stereocenters. The van der Waals surface area contributed by atoms with Gasteiger partial charge in [-0.25, -0.2) is 18.4 Å². The van der Waals surface area contributed by atoms with Gasteiger partial charge in [0.2, 0.25) is 5.56 Å². The van der Waals surface area contributed by atoms with Crippen molar-refractivity contribution >= 4 is 32.2 Å². The van der Waals surface area contributed by atoms with Crippen molar-refractivity contribution < 1.29 is 17.9 Å². The molecular formula is C22H20N4O5S. The number of nitrogens with zero attached hydrogens (tertiary/aromatic N) is 2. The lowest BCUT2D eigenvalue weighted by Gasteiger charge is -2.14. The number of ether oxygens (including phenoxy) is 2. The van der Waals surface area contributed by atoms with E-state index in [1.807, 2.05) is 0 Å². The zero-order valence-corrected chi connectivity index (χ0v) is 18.1. The molecule has 0 unspecified atom stereocenters. The highest BCUT2D eigenvalue weighted by molar-refractivity contribution is 7.90. The molecule has 0 aliphatic carbocycles. The Balaban J connectivity index is 1.63. The Morgan fingerprint density at radius 3 is 2.62 bits per heavy atom. The predicted octanol–water partition coefficient (Wildman–Crippen LogP) is 3.05. The van der Waals surface area contributed by atoms with Gasteiger partial charge in [0.1, 0.15) is 18.8 Å². The summed E-state index contributed by atoms with van der Waals surface area (Å²) in [6, 6.07) is 13.1. The predicted molar refractivity (Wildman–Crippen MR) is 120 cm³/mol. The molecule has 32 heavy (non-hydrogen) atoms. The van der Waals surface area contributed by atoms with Gasteiger partial charge < -0.3 is 19.8 Å². The first kappa shape index (κ1) is 21.3. The third kappa shape index (κ3) is 4.70. The van der Waals surface area contributed by atoms with Crippen molar-refractivity contribution in [2.75, 3.05) is 18.7 Å². The van der Waals surface area contributed by atoms with Crippen LogP contribution in [0.25, 0.3) is 10.9 Å². The molecule has 0 spiro atoms. The highest BCUT2D eigenvalue weighted by Crippen LogP contribution is 2.35. The van der Waals surface area contributed by atoms with E-state index in [0.29, 0.717) is 39.5 Å². The summed E-state index contributed by atoms with van der Waals surface area (Å²) in [4.78, 5) is 22.7. The first-order valence-electron chi connectivity index (χ1n) is 9.54. The summed E-state index contributed by atoms with van der Waals surface area (Å²) in [6.07, 6.45) is 4.13. The zero-order chi connectivity index (χ0) is 22.7. The maximum atomic E-state index is 11.8. The molecule has 2 aromatic heterocycles. The van der Waals surface area contributed by atoms with E-state index in [0.717, 1.165) is 6.26 Å². The van der Waals surface area contributed by atoms with Crippen molar-refractivity contribution in [3.63, 3.8) is 0 Å². The summed E-state index contributed by atoms with van der Waals surface area (Å²) in [5, 5.41) is 3.84. The quantitative estimate of drug-likeness (QED) is 0.439. The van der Waals surface area contributed by atoms with Crippen LogP contribution in [0.4, 0.5) is 11.5 Å². The number of methoxy groups -OCH3 is 1. The second kappa shape index (κ2) is 8.67. The van der Waals surface area contributed by atoms with Gasteiger partial charge in [-0.05, 0) is 29.8 Å². The van der Waals surface area contributed by atoms with Crippen LogP contribution < -0.4 is 20.3 Å². The summed E-state index contributed by atoms with van der Waals surface area (Å²) < 4.78 is 35.0. The van der Waals surface area contributed by atoms with Gasteiger partial charge in [-0.2, -0.15) is 0 Å². The third-order valence-electron chi connectivity index (χ3n) is 4.69. The molecule has 0 radical (unpaired) electrons. The molecule has 164 valence electrons. The lowest BCUT2D eigenvalue weighted by atomic mass is 10.2. The highest BCUT2D eigenvalue weighted by Gasteiger charge is 2.13. The maximum absolute atomic E-state index is 11.8. The third-order valence-corrected chi connectivity index (χ3v) is 5.80. The molecule has 0 bridgehead atoms. The number of H-pyrrole nitrogens is 1. The van der Waals surface area contributed by atoms with Crippen LogP contribution in [-0.2, 0) is 16.4 Å². The van der Waals surface area contributed by atoms with Crippen molar-refractivity contribution in [3.8, 4) is 11.5 Å². The molecule has 4 aromatic rings. The molecule has 0 aliphatic heterocycles. The number of aromatic nitrogens is 3. The van der Waals surface area contributed by atoms with E-state index in [-0.39, 0.29) is 17.1 Å². The zero-order valence-electron chi connectivity index (χ0n) is 17.3. The largest absolute Gasteiger partial charge is 0.493 e. The van der Waals surface area contributed by atoms with Crippen molar-refractivity contribution in [1.82, 2.24) is 15.0 Å². The van der Waals surface area contributed by atoms with Crippen LogP contribution in [0.1, 0.15) is 5.56 Å². The second-order valence-electron chi connectivity index (χ2n) is 7.02. The summed E-state index contributed by atoms with van der Waals surface area (Å²) in [5.41, 5.74) is 1.79. The van der Waals surface area contributed by atoms with E-state index in [1.54, 1.807) is 48.7 Å². The molecule has 2 N–H and O–H groups in total. The van der Waals surface area contributed by atoms with Gasteiger partial charge in [0.15, 0.2) is 21.3 Å². The Morgan fingerprint density at radius 1 is 1.06 bits per heavy atom. The molecule has 0 fully saturated rings. The Bertz CT molecular complexity index is 1430. The number of fused-ring (bicyclic) bond motifs is 1. The van der Waals surface area contributed by atoms with Crippen LogP contribution in [0.3, 0.4) is 0 Å². The monoisotopic (exact) mass is 452 g/mol. The lowest BCUT2D eigenvalue weighted by molar-refractivity contribution is 0.285. The van der Waals surface area contributed by atoms with Crippen LogP contribution in [-0.4, -0.2) is 36.7 Å². The van der Waals surface area contributed by atoms with Crippen LogP contribution in [0.15, 0.2) is 70.7 Å². The van der Waals surface area contributed by atoms with E-state index < -0.39 is 9.84 Å². The summed E-state index contributed by atoms with van der Waals surface area (Å²) >= 11 is 0. The van der Waals surface area contributed by atoms with E-state index in [9.17, 15) is 13.2 Å². The Morgan fingerprint density at radius 2 is 1.91 bits per heavy atom. The minimum Gasteiger partial charge on any atom is -0.493 e. The Kier molecular flexibility index (Phi) is 5.78. The summed E-state index contributed by atoms with van der Waals surface area (Å²) in [5.74, 6) is 1.46. The second-order valence-corrected chi connectivity index (χ2v) is 9.03. The molecule has 0 saturated carbocycles. The number of nitrogens with one attached hydrogen (secondary N) is 2. The normalized spacial score (nSPS) is 11.3. The lowest BCUT2D eigenvalue weighted by Crippen LogP contribution is -2.04. The van der Waals surface area contributed by atoms with Gasteiger partial charge >= 0.3 is 0 Å². The number of sulfone groups is 1. The fraction of sp³-hybridized carbons (Fsp3) is 0.136. The number of benzene rings is 2. The summed E-state index contributed by atoms with van der Waals surface area (Å²) in [7, 11) is -1.78. The smallest absolute Gasteiger partial charge is 0.248 e. The molecule has 0 amide bonds. The molecule has 0 aliphatic rings. The van der Waals surface area contributed by atoms with Gasteiger partial charge in [-0.1, -0.05) is 12.1 Å². The Hall–Kier alpha value is -3.92. The number of aromatic amines is 1. The molecule has 2 heterocycles. The van der Waals surface area contributed by atoms with Gasteiger partial charge in [-0.3, -0.25) is 4.79 Å². The average molecular weight is 452 g/mol. The molecular weight excluding hydrogens is 432 g/mol. The maximum Gasteiger partial charge on any atom is 0.248 e. The van der Waals surface area contributed by atoms with Gasteiger partial charge in [-0.15, -0.1) is 0 Å². The van der Waals surface area contributed by atoms with Gasteiger partial charge in [0.05, 0.1) is 23.2 Å². The molecule has 0 saturated heterocycles. The van der Waals surface area contributed by atoms with Crippen LogP contribution in [0.2, 0.25) is 0 Å². The van der Waals surface area contributed by atoms with E-state index in [1.165, 1.54) is 19.5 Å². The SMILES string of the molecule is COc1cc2c(Nc3ccc(=O)[nH]c3)ncnc2cc1OCc1cccc(S(C)(=O)=O)c1. The molecule has 10 heteroatoms. The fourth-order valence-electron chi connectivity index (χ4n) is 3.09. The van der Waals surface area contributed by atoms with E-state index in [4.69, 9.17) is 9.47 Å².